The topological polar surface area (TPSA) is 80.1 Å². The molecule has 0 radical (unpaired) electrons. The van der Waals surface area contributed by atoms with Crippen molar-refractivity contribution in [2.75, 3.05) is 33.8 Å². The summed E-state index contributed by atoms with van der Waals surface area (Å²) in [4.78, 5) is 13.3. The summed E-state index contributed by atoms with van der Waals surface area (Å²) in [7, 11) is -0.314. The van der Waals surface area contributed by atoms with E-state index in [1.165, 1.54) is 17.5 Å². The van der Waals surface area contributed by atoms with Crippen LogP contribution in [0.4, 0.5) is 0 Å². The third-order valence-corrected chi connectivity index (χ3v) is 5.68. The van der Waals surface area contributed by atoms with E-state index >= 15 is 0 Å². The zero-order chi connectivity index (χ0) is 17.0. The van der Waals surface area contributed by atoms with E-state index in [0.29, 0.717) is 31.9 Å². The van der Waals surface area contributed by atoms with E-state index in [-0.39, 0.29) is 17.0 Å². The number of hydrogen-bond donors (Lipinski definition) is 0. The molecule has 0 spiro atoms. The van der Waals surface area contributed by atoms with E-state index in [0.717, 1.165) is 12.8 Å². The number of ether oxygens (including phenoxy) is 1. The van der Waals surface area contributed by atoms with Crippen LogP contribution in [-0.2, 0) is 26.1 Å². The highest BCUT2D eigenvalue weighted by atomic mass is 32.2. The Hall–Kier alpha value is -1.38. The number of rotatable bonds is 7. The molecule has 8 heteroatoms. The quantitative estimate of drug-likeness (QED) is 0.694. The highest BCUT2D eigenvalue weighted by molar-refractivity contribution is 7.89. The second kappa shape index (κ2) is 7.46. The van der Waals surface area contributed by atoms with Crippen molar-refractivity contribution in [3.8, 4) is 0 Å². The van der Waals surface area contributed by atoms with Crippen molar-refractivity contribution in [1.82, 2.24) is 9.21 Å². The van der Waals surface area contributed by atoms with Gasteiger partial charge in [0.1, 0.15) is 5.76 Å². The van der Waals surface area contributed by atoms with Gasteiger partial charge in [0.2, 0.25) is 5.09 Å². The first-order valence-electron chi connectivity index (χ1n) is 7.70. The van der Waals surface area contributed by atoms with Crippen LogP contribution in [0.15, 0.2) is 21.6 Å². The number of carbonyl (C=O) groups excluding carboxylic acids is 1. The Bertz CT molecular complexity index is 634. The van der Waals surface area contributed by atoms with E-state index in [1.807, 2.05) is 11.9 Å². The summed E-state index contributed by atoms with van der Waals surface area (Å²) in [5, 5.41) is -0.0104. The van der Waals surface area contributed by atoms with Crippen LogP contribution in [0.5, 0.6) is 0 Å². The zero-order valence-corrected chi connectivity index (χ0v) is 14.6. The van der Waals surface area contributed by atoms with Crippen molar-refractivity contribution in [3.05, 3.63) is 17.9 Å². The number of nitrogens with zero attached hydrogens (tertiary/aromatic N) is 2. The fraction of sp³-hybridized carbons (Fsp3) is 0.667. The summed E-state index contributed by atoms with van der Waals surface area (Å²) in [5.41, 5.74) is 0. The standard InChI is InChI=1S/C15H24N2O5S/c1-12(15(18)21-3)10-16(2)11-13-6-7-14(22-13)23(19,20)17-8-4-5-9-17/h6-7,12H,4-5,8-11H2,1-3H3/t12-/m0/s1. The van der Waals surface area contributed by atoms with Gasteiger partial charge in [0.25, 0.3) is 10.0 Å². The van der Waals surface area contributed by atoms with Gasteiger partial charge in [0.15, 0.2) is 0 Å². The van der Waals surface area contributed by atoms with E-state index < -0.39 is 10.0 Å². The lowest BCUT2D eigenvalue weighted by Gasteiger charge is -2.18. The SMILES string of the molecule is COC(=O)[C@@H](C)CN(C)Cc1ccc(S(=O)(=O)N2CCCC2)o1. The predicted octanol–water partition coefficient (Wildman–Crippen LogP) is 1.30. The molecule has 130 valence electrons. The molecule has 1 atom stereocenters. The molecule has 1 aliphatic rings. The van der Waals surface area contributed by atoms with Gasteiger partial charge in [-0.2, -0.15) is 4.31 Å². The van der Waals surface area contributed by atoms with Gasteiger partial charge in [-0.1, -0.05) is 6.92 Å². The van der Waals surface area contributed by atoms with Crippen molar-refractivity contribution >= 4 is 16.0 Å². The highest BCUT2D eigenvalue weighted by Gasteiger charge is 2.30. The molecule has 1 aliphatic heterocycles. The Morgan fingerprint density at radius 3 is 2.65 bits per heavy atom. The van der Waals surface area contributed by atoms with Crippen molar-refractivity contribution in [2.45, 2.75) is 31.4 Å². The second-order valence-corrected chi connectivity index (χ2v) is 7.82. The molecule has 2 heterocycles. The van der Waals surface area contributed by atoms with Crippen LogP contribution in [-0.4, -0.2) is 57.4 Å². The van der Waals surface area contributed by atoms with Gasteiger partial charge < -0.3 is 9.15 Å². The van der Waals surface area contributed by atoms with Gasteiger partial charge >= 0.3 is 5.97 Å². The van der Waals surface area contributed by atoms with Crippen molar-refractivity contribution in [3.63, 3.8) is 0 Å². The molecule has 0 aromatic carbocycles. The molecule has 0 unspecified atom stereocenters. The highest BCUT2D eigenvalue weighted by Crippen LogP contribution is 2.23. The van der Waals surface area contributed by atoms with Gasteiger partial charge in [0, 0.05) is 19.6 Å². The zero-order valence-electron chi connectivity index (χ0n) is 13.8. The van der Waals surface area contributed by atoms with Crippen LogP contribution in [0.3, 0.4) is 0 Å². The third kappa shape index (κ3) is 4.33. The minimum absolute atomic E-state index is 0.0104. The largest absolute Gasteiger partial charge is 0.469 e. The van der Waals surface area contributed by atoms with Crippen LogP contribution in [0, 0.1) is 5.92 Å². The molecule has 0 aliphatic carbocycles. The molecule has 1 saturated heterocycles. The lowest BCUT2D eigenvalue weighted by atomic mass is 10.2. The van der Waals surface area contributed by atoms with Crippen LogP contribution in [0.1, 0.15) is 25.5 Å². The van der Waals surface area contributed by atoms with Crippen molar-refractivity contribution < 1.29 is 22.4 Å². The number of furan rings is 1. The minimum atomic E-state index is -3.52. The molecule has 1 fully saturated rings. The molecule has 0 bridgehead atoms. The summed E-state index contributed by atoms with van der Waals surface area (Å²) in [6.07, 6.45) is 1.78. The molecule has 7 nitrogen and oxygen atoms in total. The average molecular weight is 344 g/mol. The van der Waals surface area contributed by atoms with E-state index in [2.05, 4.69) is 0 Å². The Morgan fingerprint density at radius 2 is 2.04 bits per heavy atom. The Balaban J connectivity index is 1.98. The van der Waals surface area contributed by atoms with Crippen LogP contribution < -0.4 is 0 Å². The second-order valence-electron chi connectivity index (χ2n) is 5.95. The number of esters is 1. The molecule has 1 aromatic heterocycles. The number of methoxy groups -OCH3 is 1. The molecule has 23 heavy (non-hydrogen) atoms. The summed E-state index contributed by atoms with van der Waals surface area (Å²) < 4.78 is 36.5. The van der Waals surface area contributed by atoms with E-state index in [4.69, 9.17) is 9.15 Å². The van der Waals surface area contributed by atoms with Gasteiger partial charge in [-0.3, -0.25) is 9.69 Å². The maximum Gasteiger partial charge on any atom is 0.309 e. The third-order valence-electron chi connectivity index (χ3n) is 3.91. The normalized spacial score (nSPS) is 17.6. The first kappa shape index (κ1) is 18.0. The van der Waals surface area contributed by atoms with Crippen LogP contribution in [0.25, 0.3) is 0 Å². The monoisotopic (exact) mass is 344 g/mol. The summed E-state index contributed by atoms with van der Waals surface area (Å²) >= 11 is 0. The van der Waals surface area contributed by atoms with Crippen LogP contribution in [0.2, 0.25) is 0 Å². The van der Waals surface area contributed by atoms with Gasteiger partial charge in [-0.25, -0.2) is 8.42 Å². The predicted molar refractivity (Wildman–Crippen MR) is 84.2 cm³/mol. The lowest BCUT2D eigenvalue weighted by molar-refractivity contribution is -0.145. The number of hydrogen-bond acceptors (Lipinski definition) is 6. The average Bonchev–Trinajstić information content (AvgIpc) is 3.17. The van der Waals surface area contributed by atoms with Crippen molar-refractivity contribution in [2.24, 2.45) is 5.92 Å². The lowest BCUT2D eigenvalue weighted by Crippen LogP contribution is -2.29. The Kier molecular flexibility index (Phi) is 5.83. The molecule has 2 rings (SSSR count). The van der Waals surface area contributed by atoms with E-state index in [9.17, 15) is 13.2 Å². The Labute approximate surface area is 137 Å². The number of carbonyl (C=O) groups is 1. The Morgan fingerprint density at radius 1 is 1.39 bits per heavy atom. The maximum absolute atomic E-state index is 12.4. The summed E-state index contributed by atoms with van der Waals surface area (Å²) in [5.74, 6) is 0.0312. The maximum atomic E-state index is 12.4. The molecular weight excluding hydrogens is 320 g/mol. The molecule has 0 amide bonds. The smallest absolute Gasteiger partial charge is 0.309 e. The van der Waals surface area contributed by atoms with E-state index in [1.54, 1.807) is 13.0 Å². The molecule has 0 N–H and O–H groups in total. The molecule has 0 saturated carbocycles. The van der Waals surface area contributed by atoms with Gasteiger partial charge in [-0.15, -0.1) is 0 Å². The van der Waals surface area contributed by atoms with Crippen molar-refractivity contribution in [1.29, 1.82) is 0 Å². The molecular formula is C15H24N2O5S. The van der Waals surface area contributed by atoms with Gasteiger partial charge in [0.05, 0.1) is 19.6 Å². The fourth-order valence-corrected chi connectivity index (χ4v) is 4.16. The fourth-order valence-electron chi connectivity index (χ4n) is 2.71. The summed E-state index contributed by atoms with van der Waals surface area (Å²) in [6.45, 7) is 3.82. The molecule has 1 aromatic rings. The number of sulfonamides is 1. The first-order valence-corrected chi connectivity index (χ1v) is 9.14. The minimum Gasteiger partial charge on any atom is -0.469 e. The van der Waals surface area contributed by atoms with Gasteiger partial charge in [-0.05, 0) is 32.0 Å². The van der Waals surface area contributed by atoms with Crippen LogP contribution >= 0.6 is 0 Å². The first-order chi connectivity index (χ1) is 10.8. The summed E-state index contributed by atoms with van der Waals surface area (Å²) in [6, 6.07) is 3.17.